The highest BCUT2D eigenvalue weighted by Gasteiger charge is 2.03. The standard InChI is InChI=1S/C19H32/c1-8-12-17(14-16-19(5,6)7)13-10-9-11-15-18(2,3)4/h9-11,13-16H,8,12H2,1-7H3/b10-9+,15-11+,16-14+,17-13+. The van der Waals surface area contributed by atoms with Gasteiger partial charge in [0.05, 0.1) is 0 Å². The minimum Gasteiger partial charge on any atom is -0.0791 e. The molecule has 0 amide bonds. The van der Waals surface area contributed by atoms with Crippen molar-refractivity contribution in [3.63, 3.8) is 0 Å². The molecule has 0 aliphatic rings. The molecule has 0 heterocycles. The van der Waals surface area contributed by atoms with Crippen molar-refractivity contribution in [1.29, 1.82) is 0 Å². The van der Waals surface area contributed by atoms with E-state index in [1.807, 2.05) is 0 Å². The molecule has 0 aromatic heterocycles. The van der Waals surface area contributed by atoms with Gasteiger partial charge >= 0.3 is 0 Å². The minimum absolute atomic E-state index is 0.253. The zero-order chi connectivity index (χ0) is 14.9. The van der Waals surface area contributed by atoms with E-state index in [1.165, 1.54) is 12.0 Å². The highest BCUT2D eigenvalue weighted by molar-refractivity contribution is 5.26. The number of hydrogen-bond acceptors (Lipinski definition) is 0. The van der Waals surface area contributed by atoms with Gasteiger partial charge in [0.25, 0.3) is 0 Å². The lowest BCUT2D eigenvalue weighted by Gasteiger charge is -2.11. The first-order valence-electron chi connectivity index (χ1n) is 7.38. The lowest BCUT2D eigenvalue weighted by Crippen LogP contribution is -1.98. The molecule has 0 unspecified atom stereocenters. The lowest BCUT2D eigenvalue weighted by atomic mass is 9.94. The summed E-state index contributed by atoms with van der Waals surface area (Å²) < 4.78 is 0. The van der Waals surface area contributed by atoms with Gasteiger partial charge in [-0.15, -0.1) is 0 Å². The minimum atomic E-state index is 0.253. The Morgan fingerprint density at radius 1 is 0.789 bits per heavy atom. The molecular formula is C19H32. The van der Waals surface area contributed by atoms with E-state index in [0.29, 0.717) is 0 Å². The molecule has 0 aromatic carbocycles. The van der Waals surface area contributed by atoms with Crippen LogP contribution in [-0.4, -0.2) is 0 Å². The third-order valence-corrected chi connectivity index (χ3v) is 2.46. The second-order valence-electron chi connectivity index (χ2n) is 7.30. The van der Waals surface area contributed by atoms with E-state index in [9.17, 15) is 0 Å². The van der Waals surface area contributed by atoms with Crippen LogP contribution in [0.15, 0.2) is 48.1 Å². The molecule has 0 N–H and O–H groups in total. The van der Waals surface area contributed by atoms with E-state index in [1.54, 1.807) is 0 Å². The molecule has 0 aliphatic heterocycles. The lowest BCUT2D eigenvalue weighted by molar-refractivity contribution is 0.543. The highest BCUT2D eigenvalue weighted by atomic mass is 14.1. The van der Waals surface area contributed by atoms with Gasteiger partial charge in [-0.1, -0.05) is 97.4 Å². The average Bonchev–Trinajstić information content (AvgIpc) is 2.22. The fourth-order valence-electron chi connectivity index (χ4n) is 1.46. The summed E-state index contributed by atoms with van der Waals surface area (Å²) in [7, 11) is 0. The summed E-state index contributed by atoms with van der Waals surface area (Å²) in [6, 6.07) is 0. The zero-order valence-corrected chi connectivity index (χ0v) is 14.0. The number of hydrogen-bond donors (Lipinski definition) is 0. The molecule has 0 aliphatic carbocycles. The maximum Gasteiger partial charge on any atom is -0.0200 e. The Bertz CT molecular complexity index is 348. The maximum atomic E-state index is 2.29. The van der Waals surface area contributed by atoms with Crippen molar-refractivity contribution in [2.24, 2.45) is 10.8 Å². The van der Waals surface area contributed by atoms with Gasteiger partial charge in [0, 0.05) is 0 Å². The van der Waals surface area contributed by atoms with Crippen LogP contribution in [0.3, 0.4) is 0 Å². The summed E-state index contributed by atoms with van der Waals surface area (Å²) >= 11 is 0. The molecule has 108 valence electrons. The molecular weight excluding hydrogens is 228 g/mol. The SMILES string of the molecule is CCCC(/C=C/C(C)(C)C)=C\C=C\C=C\C(C)(C)C. The fraction of sp³-hybridized carbons (Fsp3) is 0.579. The van der Waals surface area contributed by atoms with Crippen LogP contribution in [0.5, 0.6) is 0 Å². The quantitative estimate of drug-likeness (QED) is 0.497. The second kappa shape index (κ2) is 8.19. The molecule has 0 spiro atoms. The van der Waals surface area contributed by atoms with E-state index >= 15 is 0 Å². The third-order valence-electron chi connectivity index (χ3n) is 2.46. The predicted octanol–water partition coefficient (Wildman–Crippen LogP) is 6.47. The van der Waals surface area contributed by atoms with Gasteiger partial charge < -0.3 is 0 Å². The van der Waals surface area contributed by atoms with Crippen molar-refractivity contribution in [2.45, 2.75) is 61.3 Å². The van der Waals surface area contributed by atoms with Crippen molar-refractivity contribution < 1.29 is 0 Å². The van der Waals surface area contributed by atoms with Gasteiger partial charge in [-0.2, -0.15) is 0 Å². The van der Waals surface area contributed by atoms with Crippen molar-refractivity contribution in [3.8, 4) is 0 Å². The Kier molecular flexibility index (Phi) is 7.75. The van der Waals surface area contributed by atoms with Gasteiger partial charge in [0.2, 0.25) is 0 Å². The van der Waals surface area contributed by atoms with Crippen LogP contribution < -0.4 is 0 Å². The van der Waals surface area contributed by atoms with Gasteiger partial charge in [-0.05, 0) is 22.8 Å². The Balaban J connectivity index is 4.63. The summed E-state index contributed by atoms with van der Waals surface area (Å²) in [5.41, 5.74) is 1.91. The number of rotatable bonds is 5. The molecule has 0 rings (SSSR count). The van der Waals surface area contributed by atoms with Gasteiger partial charge in [0.1, 0.15) is 0 Å². The predicted molar refractivity (Wildman–Crippen MR) is 89.3 cm³/mol. The summed E-state index contributed by atoms with van der Waals surface area (Å²) in [5.74, 6) is 0. The largest absolute Gasteiger partial charge is 0.0791 e. The highest BCUT2D eigenvalue weighted by Crippen LogP contribution is 2.18. The molecule has 0 bridgehead atoms. The average molecular weight is 260 g/mol. The first-order valence-corrected chi connectivity index (χ1v) is 7.38. The van der Waals surface area contributed by atoms with E-state index in [4.69, 9.17) is 0 Å². The van der Waals surface area contributed by atoms with E-state index in [2.05, 4.69) is 91.0 Å². The summed E-state index contributed by atoms with van der Waals surface area (Å²) in [4.78, 5) is 0. The van der Waals surface area contributed by atoms with Gasteiger partial charge in [-0.3, -0.25) is 0 Å². The summed E-state index contributed by atoms with van der Waals surface area (Å²) in [5, 5.41) is 0. The second-order valence-corrected chi connectivity index (χ2v) is 7.30. The Morgan fingerprint density at radius 2 is 1.37 bits per heavy atom. The van der Waals surface area contributed by atoms with Crippen LogP contribution in [0.2, 0.25) is 0 Å². The fourth-order valence-corrected chi connectivity index (χ4v) is 1.46. The van der Waals surface area contributed by atoms with Crippen molar-refractivity contribution in [3.05, 3.63) is 48.1 Å². The molecule has 0 heteroatoms. The summed E-state index contributed by atoms with van der Waals surface area (Å²) in [6.07, 6.45) is 17.7. The van der Waals surface area contributed by atoms with Crippen LogP contribution in [0, 0.1) is 10.8 Å². The number of allylic oxidation sites excluding steroid dienone is 8. The van der Waals surface area contributed by atoms with Gasteiger partial charge in [0.15, 0.2) is 0 Å². The maximum absolute atomic E-state index is 2.29. The third kappa shape index (κ3) is 13.2. The van der Waals surface area contributed by atoms with E-state index in [-0.39, 0.29) is 10.8 Å². The zero-order valence-electron chi connectivity index (χ0n) is 14.0. The normalized spacial score (nSPS) is 15.2. The van der Waals surface area contributed by atoms with Crippen LogP contribution in [0.25, 0.3) is 0 Å². The molecule has 0 radical (unpaired) electrons. The van der Waals surface area contributed by atoms with Crippen LogP contribution >= 0.6 is 0 Å². The first kappa shape index (κ1) is 18.0. The van der Waals surface area contributed by atoms with E-state index in [0.717, 1.165) is 6.42 Å². The van der Waals surface area contributed by atoms with Crippen LogP contribution in [-0.2, 0) is 0 Å². The molecule has 0 saturated heterocycles. The first-order chi connectivity index (χ1) is 8.64. The smallest absolute Gasteiger partial charge is 0.0200 e. The van der Waals surface area contributed by atoms with Crippen molar-refractivity contribution >= 4 is 0 Å². The molecule has 0 aromatic rings. The molecule has 0 nitrogen and oxygen atoms in total. The Labute approximate surface area is 121 Å². The monoisotopic (exact) mass is 260 g/mol. The van der Waals surface area contributed by atoms with Crippen molar-refractivity contribution in [1.82, 2.24) is 0 Å². The summed E-state index contributed by atoms with van der Waals surface area (Å²) in [6.45, 7) is 15.5. The van der Waals surface area contributed by atoms with Crippen LogP contribution in [0.4, 0.5) is 0 Å². The van der Waals surface area contributed by atoms with E-state index < -0.39 is 0 Å². The molecule has 0 atom stereocenters. The Morgan fingerprint density at radius 3 is 1.84 bits per heavy atom. The van der Waals surface area contributed by atoms with Gasteiger partial charge in [-0.25, -0.2) is 0 Å². The Hall–Kier alpha value is -1.04. The van der Waals surface area contributed by atoms with Crippen molar-refractivity contribution in [2.75, 3.05) is 0 Å². The topological polar surface area (TPSA) is 0 Å². The molecule has 0 fully saturated rings. The van der Waals surface area contributed by atoms with Crippen LogP contribution in [0.1, 0.15) is 61.3 Å². The molecule has 19 heavy (non-hydrogen) atoms. The molecule has 0 saturated carbocycles.